The molecule has 0 saturated heterocycles. The maximum Gasteiger partial charge on any atom is 0.339 e. The van der Waals surface area contributed by atoms with Crippen LogP contribution < -0.4 is 5.73 Å². The highest BCUT2D eigenvalue weighted by Gasteiger charge is 2.21. The average Bonchev–Trinajstić information content (AvgIpc) is 2.73. The number of anilines is 1. The van der Waals surface area contributed by atoms with E-state index >= 15 is 0 Å². The Hall–Kier alpha value is -3.80. The Labute approximate surface area is 181 Å². The molecule has 2 aromatic carbocycles. The summed E-state index contributed by atoms with van der Waals surface area (Å²) in [6, 6.07) is 21.0. The summed E-state index contributed by atoms with van der Waals surface area (Å²) in [5.74, 6) is -0.176. The topological polar surface area (TPSA) is 91.0 Å². The van der Waals surface area contributed by atoms with Gasteiger partial charge in [0.15, 0.2) is 0 Å². The van der Waals surface area contributed by atoms with Gasteiger partial charge in [0, 0.05) is 12.0 Å². The number of rotatable bonds is 4. The highest BCUT2D eigenvalue weighted by Crippen LogP contribution is 2.27. The molecular weight excluding hydrogens is 388 g/mol. The van der Waals surface area contributed by atoms with E-state index in [0.29, 0.717) is 34.3 Å². The number of pyridine rings is 1. The zero-order valence-corrected chi connectivity index (χ0v) is 17.8. The summed E-state index contributed by atoms with van der Waals surface area (Å²) < 4.78 is 5.58. The van der Waals surface area contributed by atoms with Crippen LogP contribution in [0.5, 0.6) is 0 Å². The van der Waals surface area contributed by atoms with Crippen molar-refractivity contribution in [3.63, 3.8) is 0 Å². The average molecular weight is 412 g/mol. The fourth-order valence-corrected chi connectivity index (χ4v) is 3.37. The van der Waals surface area contributed by atoms with Crippen LogP contribution in [0.15, 0.2) is 66.7 Å². The van der Waals surface area contributed by atoms with Crippen LogP contribution in [-0.4, -0.2) is 26.5 Å². The molecule has 0 aliphatic rings. The summed E-state index contributed by atoms with van der Waals surface area (Å²) in [6.45, 7) is 5.54. The maximum atomic E-state index is 12.8. The third kappa shape index (κ3) is 4.69. The number of carbonyl (C=O) groups is 1. The summed E-state index contributed by atoms with van der Waals surface area (Å²) >= 11 is 0. The van der Waals surface area contributed by atoms with Gasteiger partial charge in [-0.3, -0.25) is 0 Å². The van der Waals surface area contributed by atoms with E-state index < -0.39 is 5.60 Å². The highest BCUT2D eigenvalue weighted by atomic mass is 16.6. The Balaban J connectivity index is 1.81. The van der Waals surface area contributed by atoms with Crippen molar-refractivity contribution in [3.8, 4) is 11.3 Å². The van der Waals surface area contributed by atoms with E-state index in [1.807, 2.05) is 81.4 Å². The molecule has 2 heterocycles. The second-order valence-corrected chi connectivity index (χ2v) is 8.30. The molecule has 0 aliphatic carbocycles. The van der Waals surface area contributed by atoms with Gasteiger partial charge in [0.2, 0.25) is 5.95 Å². The normalized spacial score (nSPS) is 11.5. The molecule has 0 spiro atoms. The Morgan fingerprint density at radius 1 is 0.903 bits per heavy atom. The standard InChI is InChI=1S/C25H24N4O2/c1-25(2,3)31-23(30)18-12-8-7-11-17(18)19-13-14-20-22(27-19)21(29-24(26)28-20)15-16-9-5-4-6-10-16/h4-14H,15H2,1-3H3,(H2,26,28,29). The van der Waals surface area contributed by atoms with Gasteiger partial charge in [0.25, 0.3) is 0 Å². The number of fused-ring (bicyclic) bond motifs is 1. The number of hydrogen-bond donors (Lipinski definition) is 1. The number of esters is 1. The number of hydrogen-bond acceptors (Lipinski definition) is 6. The number of nitrogens with two attached hydrogens (primary N) is 1. The van der Waals surface area contributed by atoms with Crippen LogP contribution in [0, 0.1) is 0 Å². The molecule has 6 nitrogen and oxygen atoms in total. The summed E-state index contributed by atoms with van der Waals surface area (Å²) in [4.78, 5) is 26.4. The second-order valence-electron chi connectivity index (χ2n) is 8.30. The number of aromatic nitrogens is 3. The van der Waals surface area contributed by atoms with Crippen LogP contribution in [0.3, 0.4) is 0 Å². The van der Waals surface area contributed by atoms with E-state index in [1.54, 1.807) is 6.07 Å². The largest absolute Gasteiger partial charge is 0.456 e. The molecule has 4 rings (SSSR count). The summed E-state index contributed by atoms with van der Waals surface area (Å²) in [7, 11) is 0. The SMILES string of the molecule is CC(C)(C)OC(=O)c1ccccc1-c1ccc2nc(N)nc(Cc3ccccc3)c2n1. The lowest BCUT2D eigenvalue weighted by Gasteiger charge is -2.20. The van der Waals surface area contributed by atoms with Gasteiger partial charge in [-0.25, -0.2) is 19.7 Å². The van der Waals surface area contributed by atoms with Crippen LogP contribution in [-0.2, 0) is 11.2 Å². The number of ether oxygens (including phenoxy) is 1. The first-order valence-electron chi connectivity index (χ1n) is 10.1. The number of benzene rings is 2. The summed E-state index contributed by atoms with van der Waals surface area (Å²) in [5.41, 5.74) is 10.3. The Kier molecular flexibility index (Phi) is 5.38. The van der Waals surface area contributed by atoms with Gasteiger partial charge < -0.3 is 10.5 Å². The van der Waals surface area contributed by atoms with Crippen LogP contribution in [0.4, 0.5) is 5.95 Å². The van der Waals surface area contributed by atoms with E-state index in [-0.39, 0.29) is 11.9 Å². The van der Waals surface area contributed by atoms with Gasteiger partial charge in [0.05, 0.1) is 22.5 Å². The molecule has 0 amide bonds. The monoisotopic (exact) mass is 412 g/mol. The van der Waals surface area contributed by atoms with Crippen LogP contribution in [0.25, 0.3) is 22.3 Å². The van der Waals surface area contributed by atoms with Crippen molar-refractivity contribution >= 4 is 23.0 Å². The first-order chi connectivity index (χ1) is 14.8. The molecule has 0 aliphatic heterocycles. The predicted octanol–water partition coefficient (Wildman–Crippen LogP) is 4.82. The molecule has 2 aromatic heterocycles. The minimum absolute atomic E-state index is 0.210. The Morgan fingerprint density at radius 2 is 1.61 bits per heavy atom. The molecule has 6 heteroatoms. The van der Waals surface area contributed by atoms with Crippen molar-refractivity contribution in [2.75, 3.05) is 5.73 Å². The molecule has 0 atom stereocenters. The Morgan fingerprint density at radius 3 is 2.35 bits per heavy atom. The van der Waals surface area contributed by atoms with Gasteiger partial charge in [-0.15, -0.1) is 0 Å². The van der Waals surface area contributed by atoms with Crippen LogP contribution in [0.2, 0.25) is 0 Å². The molecule has 4 aromatic rings. The van der Waals surface area contributed by atoms with Gasteiger partial charge in [-0.1, -0.05) is 48.5 Å². The highest BCUT2D eigenvalue weighted by molar-refractivity contribution is 5.97. The van der Waals surface area contributed by atoms with Crippen molar-refractivity contribution in [3.05, 3.63) is 83.6 Å². The lowest BCUT2D eigenvalue weighted by atomic mass is 10.0. The fraction of sp³-hybridized carbons (Fsp3) is 0.200. The van der Waals surface area contributed by atoms with Crippen molar-refractivity contribution in [2.24, 2.45) is 0 Å². The first kappa shape index (κ1) is 20.5. The second kappa shape index (κ2) is 8.14. The summed E-state index contributed by atoms with van der Waals surface area (Å²) in [6.07, 6.45) is 0.578. The molecule has 31 heavy (non-hydrogen) atoms. The van der Waals surface area contributed by atoms with Gasteiger partial charge >= 0.3 is 5.97 Å². The molecule has 0 fully saturated rings. The molecular formula is C25H24N4O2. The van der Waals surface area contributed by atoms with Crippen molar-refractivity contribution in [2.45, 2.75) is 32.8 Å². The van der Waals surface area contributed by atoms with E-state index in [1.165, 1.54) is 0 Å². The lowest BCUT2D eigenvalue weighted by molar-refractivity contribution is 0.00704. The molecule has 0 unspecified atom stereocenters. The number of carbonyl (C=O) groups excluding carboxylic acids is 1. The van der Waals surface area contributed by atoms with Crippen LogP contribution in [0.1, 0.15) is 42.4 Å². The fourth-order valence-electron chi connectivity index (χ4n) is 3.37. The van der Waals surface area contributed by atoms with Crippen LogP contribution >= 0.6 is 0 Å². The van der Waals surface area contributed by atoms with Crippen molar-refractivity contribution in [1.29, 1.82) is 0 Å². The van der Waals surface area contributed by atoms with Crippen molar-refractivity contribution in [1.82, 2.24) is 15.0 Å². The third-order valence-electron chi connectivity index (χ3n) is 4.67. The van der Waals surface area contributed by atoms with E-state index in [9.17, 15) is 4.79 Å². The van der Waals surface area contributed by atoms with E-state index in [2.05, 4.69) is 9.97 Å². The summed E-state index contributed by atoms with van der Waals surface area (Å²) in [5, 5.41) is 0. The van der Waals surface area contributed by atoms with E-state index in [0.717, 1.165) is 11.3 Å². The lowest BCUT2D eigenvalue weighted by Crippen LogP contribution is -2.24. The number of nitrogens with zero attached hydrogens (tertiary/aromatic N) is 3. The van der Waals surface area contributed by atoms with Crippen molar-refractivity contribution < 1.29 is 9.53 Å². The molecule has 2 N–H and O–H groups in total. The minimum atomic E-state index is -0.588. The molecule has 0 saturated carbocycles. The zero-order valence-electron chi connectivity index (χ0n) is 17.8. The van der Waals surface area contributed by atoms with Gasteiger partial charge in [-0.05, 0) is 44.5 Å². The van der Waals surface area contributed by atoms with Gasteiger partial charge in [0.1, 0.15) is 11.1 Å². The van der Waals surface area contributed by atoms with Gasteiger partial charge in [-0.2, -0.15) is 0 Å². The Bertz CT molecular complexity index is 1250. The predicted molar refractivity (Wildman–Crippen MR) is 122 cm³/mol. The zero-order chi connectivity index (χ0) is 22.0. The first-order valence-corrected chi connectivity index (χ1v) is 10.1. The quantitative estimate of drug-likeness (QED) is 0.483. The third-order valence-corrected chi connectivity index (χ3v) is 4.67. The molecule has 0 radical (unpaired) electrons. The molecule has 156 valence electrons. The van der Waals surface area contributed by atoms with E-state index in [4.69, 9.17) is 15.5 Å². The minimum Gasteiger partial charge on any atom is -0.456 e. The maximum absolute atomic E-state index is 12.8. The molecule has 0 bridgehead atoms. The smallest absolute Gasteiger partial charge is 0.339 e. The number of nitrogen functional groups attached to an aromatic ring is 1.